The fourth-order valence-electron chi connectivity index (χ4n) is 1.75. The van der Waals surface area contributed by atoms with Gasteiger partial charge in [-0.3, -0.25) is 9.69 Å². The average Bonchev–Trinajstić information content (AvgIpc) is 2.30. The first-order chi connectivity index (χ1) is 8.41. The van der Waals surface area contributed by atoms with Crippen molar-refractivity contribution in [3.05, 3.63) is 12.3 Å². The number of pyridine rings is 1. The molecule has 0 radical (unpaired) electrons. The van der Waals surface area contributed by atoms with E-state index in [0.717, 1.165) is 4.90 Å². The lowest BCUT2D eigenvalue weighted by Gasteiger charge is -2.34. The number of aromatic nitrogens is 1. The molecule has 1 aliphatic rings. The summed E-state index contributed by atoms with van der Waals surface area (Å²) in [6.45, 7) is 2.97. The molecule has 2 atom stereocenters. The average molecular weight is 251 g/mol. The Morgan fingerprint density at radius 1 is 1.67 bits per heavy atom. The van der Waals surface area contributed by atoms with Crippen molar-refractivity contribution >= 4 is 23.4 Å². The molecule has 96 valence electrons. The van der Waals surface area contributed by atoms with Crippen molar-refractivity contribution in [3.63, 3.8) is 0 Å². The van der Waals surface area contributed by atoms with Gasteiger partial charge in [0, 0.05) is 6.07 Å². The summed E-state index contributed by atoms with van der Waals surface area (Å²) >= 11 is 0. The summed E-state index contributed by atoms with van der Waals surface area (Å²) in [5.74, 6) is -1.05. The minimum Gasteiger partial charge on any atom is -0.480 e. The van der Waals surface area contributed by atoms with Crippen LogP contribution >= 0.6 is 0 Å². The van der Waals surface area contributed by atoms with Gasteiger partial charge in [-0.1, -0.05) is 0 Å². The number of carbonyl (C=O) groups is 2. The highest BCUT2D eigenvalue weighted by Gasteiger charge is 2.38. The number of carbonyl (C=O) groups excluding carboxylic acids is 1. The van der Waals surface area contributed by atoms with Crippen LogP contribution in [0.4, 0.5) is 11.5 Å². The van der Waals surface area contributed by atoms with Gasteiger partial charge in [-0.2, -0.15) is 0 Å². The Bertz CT molecular complexity index is 517. The number of nitrogens with zero attached hydrogens (tertiary/aromatic N) is 2. The normalized spacial score (nSPS) is 20.0. The Labute approximate surface area is 103 Å². The van der Waals surface area contributed by atoms with Crippen molar-refractivity contribution in [1.82, 2.24) is 4.98 Å². The van der Waals surface area contributed by atoms with Crippen LogP contribution in [-0.2, 0) is 9.59 Å². The molecule has 18 heavy (non-hydrogen) atoms. The summed E-state index contributed by atoms with van der Waals surface area (Å²) in [6, 6.07) is 0.506. The number of ether oxygens (including phenoxy) is 1. The summed E-state index contributed by atoms with van der Waals surface area (Å²) in [7, 11) is 0. The third-order valence-corrected chi connectivity index (χ3v) is 2.72. The highest BCUT2D eigenvalue weighted by Crippen LogP contribution is 2.34. The number of hydrogen-bond donors (Lipinski definition) is 2. The lowest BCUT2D eigenvalue weighted by atomic mass is 10.2. The largest absolute Gasteiger partial charge is 0.480 e. The van der Waals surface area contributed by atoms with Crippen LogP contribution in [0.3, 0.4) is 0 Å². The number of nitrogens with two attached hydrogens (primary N) is 1. The van der Waals surface area contributed by atoms with Crippen LogP contribution in [0, 0.1) is 0 Å². The van der Waals surface area contributed by atoms with E-state index >= 15 is 0 Å². The van der Waals surface area contributed by atoms with Gasteiger partial charge in [0.25, 0.3) is 5.91 Å². The van der Waals surface area contributed by atoms with E-state index in [2.05, 4.69) is 4.98 Å². The zero-order chi connectivity index (χ0) is 13.4. The predicted molar refractivity (Wildman–Crippen MR) is 63.3 cm³/mol. The molecule has 7 nitrogen and oxygen atoms in total. The molecule has 0 saturated carbocycles. The minimum absolute atomic E-state index is 0.183. The van der Waals surface area contributed by atoms with Crippen LogP contribution in [-0.4, -0.2) is 34.1 Å². The van der Waals surface area contributed by atoms with Gasteiger partial charge in [0.15, 0.2) is 17.7 Å². The van der Waals surface area contributed by atoms with Crippen LogP contribution in [0.1, 0.15) is 13.8 Å². The Morgan fingerprint density at radius 2 is 2.33 bits per heavy atom. The summed E-state index contributed by atoms with van der Waals surface area (Å²) in [4.78, 5) is 28.1. The first kappa shape index (κ1) is 12.2. The van der Waals surface area contributed by atoms with E-state index in [0.29, 0.717) is 11.4 Å². The van der Waals surface area contributed by atoms with E-state index in [1.165, 1.54) is 19.2 Å². The molecule has 0 fully saturated rings. The molecule has 2 rings (SSSR count). The molecular weight excluding hydrogens is 238 g/mol. The number of hydrogen-bond acceptors (Lipinski definition) is 5. The van der Waals surface area contributed by atoms with Crippen LogP contribution in [0.5, 0.6) is 5.75 Å². The van der Waals surface area contributed by atoms with E-state index in [1.54, 1.807) is 6.92 Å². The van der Waals surface area contributed by atoms with Crippen molar-refractivity contribution in [1.29, 1.82) is 0 Å². The van der Waals surface area contributed by atoms with Gasteiger partial charge < -0.3 is 15.6 Å². The van der Waals surface area contributed by atoms with Gasteiger partial charge in [0.05, 0.1) is 11.9 Å². The highest BCUT2D eigenvalue weighted by atomic mass is 16.5. The number of anilines is 2. The fourth-order valence-corrected chi connectivity index (χ4v) is 1.75. The van der Waals surface area contributed by atoms with Gasteiger partial charge in [-0.15, -0.1) is 0 Å². The first-order valence-corrected chi connectivity index (χ1v) is 5.40. The van der Waals surface area contributed by atoms with E-state index in [9.17, 15) is 9.59 Å². The number of aliphatic carboxylic acids is 1. The summed E-state index contributed by atoms with van der Waals surface area (Å²) in [5, 5.41) is 9.03. The summed E-state index contributed by atoms with van der Waals surface area (Å²) < 4.78 is 5.36. The SMILES string of the molecule is CC1Oc2cc(N)cnc2N(C(C)C(=O)O)C1=O. The minimum atomic E-state index is -1.11. The molecule has 3 N–H and O–H groups in total. The topological polar surface area (TPSA) is 106 Å². The van der Waals surface area contributed by atoms with Crippen molar-refractivity contribution in [3.8, 4) is 5.75 Å². The van der Waals surface area contributed by atoms with Gasteiger partial charge in [0.1, 0.15) is 6.04 Å². The van der Waals surface area contributed by atoms with Crippen LogP contribution in [0.25, 0.3) is 0 Å². The van der Waals surface area contributed by atoms with Gasteiger partial charge >= 0.3 is 5.97 Å². The van der Waals surface area contributed by atoms with Crippen LogP contribution in [0.2, 0.25) is 0 Å². The Hall–Kier alpha value is -2.31. The van der Waals surface area contributed by atoms with E-state index in [4.69, 9.17) is 15.6 Å². The number of carboxylic acid groups (broad SMARTS) is 1. The molecule has 1 amide bonds. The third-order valence-electron chi connectivity index (χ3n) is 2.72. The lowest BCUT2D eigenvalue weighted by Crippen LogP contribution is -2.51. The molecule has 1 aromatic heterocycles. The number of carboxylic acids is 1. The molecule has 1 aromatic rings. The first-order valence-electron chi connectivity index (χ1n) is 5.40. The Morgan fingerprint density at radius 3 is 2.94 bits per heavy atom. The number of nitrogen functional groups attached to an aromatic ring is 1. The number of fused-ring (bicyclic) bond motifs is 1. The summed E-state index contributed by atoms with van der Waals surface area (Å²) in [6.07, 6.45) is 0.593. The van der Waals surface area contributed by atoms with Crippen molar-refractivity contribution < 1.29 is 19.4 Å². The molecule has 0 aliphatic carbocycles. The Kier molecular flexibility index (Phi) is 2.82. The van der Waals surface area contributed by atoms with Crippen molar-refractivity contribution in [2.75, 3.05) is 10.6 Å². The smallest absolute Gasteiger partial charge is 0.326 e. The maximum Gasteiger partial charge on any atom is 0.326 e. The number of rotatable bonds is 2. The van der Waals surface area contributed by atoms with Gasteiger partial charge in [0.2, 0.25) is 0 Å². The van der Waals surface area contributed by atoms with E-state index < -0.39 is 24.0 Å². The Balaban J connectivity index is 2.52. The predicted octanol–water partition coefficient (Wildman–Crippen LogP) is 0.251. The summed E-state index contributed by atoms with van der Waals surface area (Å²) in [5.41, 5.74) is 5.97. The molecule has 2 heterocycles. The molecule has 1 aliphatic heterocycles. The maximum absolute atomic E-state index is 12.0. The van der Waals surface area contributed by atoms with Crippen molar-refractivity contribution in [2.45, 2.75) is 26.0 Å². The molecule has 0 aromatic carbocycles. The second-order valence-electron chi connectivity index (χ2n) is 4.07. The zero-order valence-corrected chi connectivity index (χ0v) is 9.95. The van der Waals surface area contributed by atoms with Crippen molar-refractivity contribution in [2.24, 2.45) is 0 Å². The molecule has 2 unspecified atom stereocenters. The fraction of sp³-hybridized carbons (Fsp3) is 0.364. The standard InChI is InChI=1S/C11H13N3O4/c1-5(11(16)17)14-9-8(3-7(12)4-13-9)18-6(2)10(14)15/h3-6H,12H2,1-2H3,(H,16,17). The molecular formula is C11H13N3O4. The second-order valence-corrected chi connectivity index (χ2v) is 4.07. The van der Waals surface area contributed by atoms with Gasteiger partial charge in [-0.25, -0.2) is 9.78 Å². The van der Waals surface area contributed by atoms with Crippen LogP contribution in [0.15, 0.2) is 12.3 Å². The molecule has 0 saturated heterocycles. The second kappa shape index (κ2) is 4.17. The molecule has 0 spiro atoms. The highest BCUT2D eigenvalue weighted by molar-refractivity contribution is 6.03. The third kappa shape index (κ3) is 1.83. The monoisotopic (exact) mass is 251 g/mol. The van der Waals surface area contributed by atoms with E-state index in [-0.39, 0.29) is 5.82 Å². The van der Waals surface area contributed by atoms with Gasteiger partial charge in [-0.05, 0) is 13.8 Å². The lowest BCUT2D eigenvalue weighted by molar-refractivity contribution is -0.140. The zero-order valence-electron chi connectivity index (χ0n) is 9.95. The number of amides is 1. The van der Waals surface area contributed by atoms with Crippen LogP contribution < -0.4 is 15.4 Å². The van der Waals surface area contributed by atoms with E-state index in [1.807, 2.05) is 0 Å². The quantitative estimate of drug-likeness (QED) is 0.780. The molecule has 0 bridgehead atoms. The maximum atomic E-state index is 12.0. The molecule has 7 heteroatoms.